The summed E-state index contributed by atoms with van der Waals surface area (Å²) in [6, 6.07) is 3.95. The first-order valence-electron chi connectivity index (χ1n) is 11.7. The molecule has 3 rings (SSSR count). The highest BCUT2D eigenvalue weighted by Crippen LogP contribution is 2.41. The number of hydrogen-bond acceptors (Lipinski definition) is 0. The number of halogens is 3. The molecule has 2 aliphatic carbocycles. The number of hydrogen-bond donors (Lipinski definition) is 0. The molecule has 2 aliphatic rings. The molecule has 0 atom stereocenters. The molecule has 0 N–H and O–H groups in total. The molecule has 0 heterocycles. The molecule has 0 nitrogen and oxygen atoms in total. The minimum atomic E-state index is -1.35. The molecular weight excluding hydrogens is 373 g/mol. The predicted octanol–water partition coefficient (Wildman–Crippen LogP) is 7.52. The first-order chi connectivity index (χ1) is 13.6. The summed E-state index contributed by atoms with van der Waals surface area (Å²) in [7, 11) is 0.182. The Balaban J connectivity index is 1.35. The Hall–Kier alpha value is -0.773. The van der Waals surface area contributed by atoms with Crippen molar-refractivity contribution in [2.45, 2.75) is 101 Å². The molecule has 4 heteroatoms. The maximum Gasteiger partial charge on any atom is 0.194 e. The molecular formula is C24H37F3Si. The van der Waals surface area contributed by atoms with E-state index in [4.69, 9.17) is 0 Å². The number of benzene rings is 1. The van der Waals surface area contributed by atoms with E-state index in [0.29, 0.717) is 5.56 Å². The molecule has 0 aliphatic heterocycles. The molecule has 0 amide bonds. The molecule has 0 unspecified atom stereocenters. The summed E-state index contributed by atoms with van der Waals surface area (Å²) < 4.78 is 40.2. The molecule has 0 spiro atoms. The van der Waals surface area contributed by atoms with Gasteiger partial charge in [0.25, 0.3) is 0 Å². The average Bonchev–Trinajstić information content (AvgIpc) is 2.71. The van der Waals surface area contributed by atoms with Gasteiger partial charge in [-0.15, -0.1) is 0 Å². The van der Waals surface area contributed by atoms with Crippen molar-refractivity contribution in [3.8, 4) is 0 Å². The highest BCUT2D eigenvalue weighted by atomic mass is 28.2. The fourth-order valence-corrected chi connectivity index (χ4v) is 7.97. The predicted molar refractivity (Wildman–Crippen MR) is 114 cm³/mol. The Morgan fingerprint density at radius 2 is 1.36 bits per heavy atom. The maximum atomic E-state index is 13.5. The molecule has 0 bridgehead atoms. The zero-order valence-corrected chi connectivity index (χ0v) is 18.9. The van der Waals surface area contributed by atoms with Crippen LogP contribution in [0.15, 0.2) is 12.1 Å². The van der Waals surface area contributed by atoms with Gasteiger partial charge in [-0.1, -0.05) is 69.9 Å². The van der Waals surface area contributed by atoms with Gasteiger partial charge in [-0.2, -0.15) is 0 Å². The summed E-state index contributed by atoms with van der Waals surface area (Å²) in [4.78, 5) is 0. The van der Waals surface area contributed by atoms with Gasteiger partial charge in [0.1, 0.15) is 0 Å². The van der Waals surface area contributed by atoms with Crippen LogP contribution in [0, 0.1) is 29.3 Å². The first kappa shape index (κ1) is 21.9. The van der Waals surface area contributed by atoms with E-state index < -0.39 is 17.5 Å². The summed E-state index contributed by atoms with van der Waals surface area (Å²) >= 11 is 0. The third-order valence-corrected chi connectivity index (χ3v) is 10.0. The molecule has 1 aromatic rings. The molecule has 0 saturated heterocycles. The third kappa shape index (κ3) is 6.11. The van der Waals surface area contributed by atoms with E-state index in [1.54, 1.807) is 6.04 Å². The van der Waals surface area contributed by atoms with E-state index in [9.17, 15) is 13.2 Å². The minimum absolute atomic E-state index is 0.182. The Morgan fingerprint density at radius 1 is 0.821 bits per heavy atom. The van der Waals surface area contributed by atoms with Gasteiger partial charge in [0.05, 0.1) is 0 Å². The van der Waals surface area contributed by atoms with E-state index in [-0.39, 0.29) is 15.4 Å². The second-order valence-corrected chi connectivity index (χ2v) is 11.9. The van der Waals surface area contributed by atoms with Gasteiger partial charge in [0.15, 0.2) is 17.5 Å². The Bertz CT molecular complexity index is 579. The standard InChI is InChI=1S/C24H37F3Si/c1-2-3-14-28-21-12-8-18(9-13-21)5-4-17-6-10-19(11-7-17)20-15-22(25)24(27)23(26)16-20/h15-19,21H,2-14,28H2,1H3/t17?,18-,19?,21-. The van der Waals surface area contributed by atoms with Crippen LogP contribution in [-0.2, 0) is 0 Å². The van der Waals surface area contributed by atoms with Crippen LogP contribution in [0.5, 0.6) is 0 Å². The van der Waals surface area contributed by atoms with Crippen molar-refractivity contribution in [3.05, 3.63) is 35.1 Å². The zero-order chi connectivity index (χ0) is 19.9. The van der Waals surface area contributed by atoms with Crippen LogP contribution in [0.25, 0.3) is 0 Å². The summed E-state index contributed by atoms with van der Waals surface area (Å²) in [5.74, 6) is -1.56. The summed E-state index contributed by atoms with van der Waals surface area (Å²) in [6.45, 7) is 2.30. The van der Waals surface area contributed by atoms with Crippen LogP contribution in [0.4, 0.5) is 13.2 Å². The minimum Gasteiger partial charge on any atom is -0.204 e. The summed E-state index contributed by atoms with van der Waals surface area (Å²) in [5.41, 5.74) is 1.76. The fourth-order valence-electron chi connectivity index (χ4n) is 5.56. The van der Waals surface area contributed by atoms with Crippen LogP contribution in [0.2, 0.25) is 11.6 Å². The highest BCUT2D eigenvalue weighted by molar-refractivity contribution is 6.37. The highest BCUT2D eigenvalue weighted by Gasteiger charge is 2.26. The van der Waals surface area contributed by atoms with Crippen LogP contribution in [-0.4, -0.2) is 9.52 Å². The van der Waals surface area contributed by atoms with E-state index in [2.05, 4.69) is 6.92 Å². The summed E-state index contributed by atoms with van der Waals surface area (Å²) in [5, 5.41) is 0. The lowest BCUT2D eigenvalue weighted by molar-refractivity contribution is 0.260. The van der Waals surface area contributed by atoms with Crippen LogP contribution in [0.1, 0.15) is 95.5 Å². The van der Waals surface area contributed by atoms with Gasteiger partial charge >= 0.3 is 0 Å². The normalized spacial score (nSPS) is 28.9. The van der Waals surface area contributed by atoms with Crippen molar-refractivity contribution in [1.29, 1.82) is 0 Å². The largest absolute Gasteiger partial charge is 0.204 e. The van der Waals surface area contributed by atoms with Gasteiger partial charge in [-0.3, -0.25) is 0 Å². The molecule has 28 heavy (non-hydrogen) atoms. The van der Waals surface area contributed by atoms with Crippen LogP contribution in [0.3, 0.4) is 0 Å². The lowest BCUT2D eigenvalue weighted by atomic mass is 9.75. The van der Waals surface area contributed by atoms with Gasteiger partial charge in [0.2, 0.25) is 0 Å². The Labute approximate surface area is 171 Å². The smallest absolute Gasteiger partial charge is 0.194 e. The van der Waals surface area contributed by atoms with E-state index in [0.717, 1.165) is 43.1 Å². The lowest BCUT2D eigenvalue weighted by Gasteiger charge is -2.32. The molecule has 2 saturated carbocycles. The average molecular weight is 411 g/mol. The van der Waals surface area contributed by atoms with Crippen molar-refractivity contribution in [1.82, 2.24) is 0 Å². The third-order valence-electron chi connectivity index (χ3n) is 7.49. The Morgan fingerprint density at radius 3 is 1.89 bits per heavy atom. The van der Waals surface area contributed by atoms with Crippen molar-refractivity contribution < 1.29 is 13.2 Å². The van der Waals surface area contributed by atoms with Crippen LogP contribution >= 0.6 is 0 Å². The number of unbranched alkanes of at least 4 members (excludes halogenated alkanes) is 1. The molecule has 2 fully saturated rings. The molecule has 0 aromatic heterocycles. The van der Waals surface area contributed by atoms with Gasteiger partial charge in [-0.05, 0) is 61.1 Å². The van der Waals surface area contributed by atoms with E-state index in [1.807, 2.05) is 0 Å². The van der Waals surface area contributed by atoms with Gasteiger partial charge < -0.3 is 0 Å². The monoisotopic (exact) mass is 410 g/mol. The van der Waals surface area contributed by atoms with Crippen LogP contribution < -0.4 is 0 Å². The maximum absolute atomic E-state index is 13.5. The fraction of sp³-hybridized carbons (Fsp3) is 0.750. The van der Waals surface area contributed by atoms with Crippen molar-refractivity contribution >= 4 is 9.52 Å². The second-order valence-electron chi connectivity index (χ2n) is 9.48. The zero-order valence-electron chi connectivity index (χ0n) is 17.5. The van der Waals surface area contributed by atoms with E-state index in [1.165, 1.54) is 63.5 Å². The van der Waals surface area contributed by atoms with Gasteiger partial charge in [0, 0.05) is 9.52 Å². The summed E-state index contributed by atoms with van der Waals surface area (Å²) in [6.07, 6.45) is 15.6. The quantitative estimate of drug-likeness (QED) is 0.236. The second kappa shape index (κ2) is 10.8. The van der Waals surface area contributed by atoms with Crippen molar-refractivity contribution in [2.75, 3.05) is 0 Å². The van der Waals surface area contributed by atoms with E-state index >= 15 is 0 Å². The lowest BCUT2D eigenvalue weighted by Crippen LogP contribution is -2.18. The molecule has 158 valence electrons. The topological polar surface area (TPSA) is 0 Å². The van der Waals surface area contributed by atoms with Crippen molar-refractivity contribution in [2.24, 2.45) is 11.8 Å². The Kier molecular flexibility index (Phi) is 8.49. The number of rotatable bonds is 8. The molecule has 1 aromatic carbocycles. The van der Waals surface area contributed by atoms with Gasteiger partial charge in [-0.25, -0.2) is 13.2 Å². The SMILES string of the molecule is CCCC[SiH2][C@H]1CC[C@H](CCC2CCC(c3cc(F)c(F)c(F)c3)CC2)CC1. The van der Waals surface area contributed by atoms with Crippen molar-refractivity contribution in [3.63, 3.8) is 0 Å². The molecule has 0 radical (unpaired) electrons. The first-order valence-corrected chi connectivity index (χ1v) is 13.5.